The van der Waals surface area contributed by atoms with Crippen molar-refractivity contribution in [3.8, 4) is 0 Å². The lowest BCUT2D eigenvalue weighted by atomic mass is 10.2. The first-order chi connectivity index (χ1) is 12.6. The number of carbonyl (C=O) groups is 3. The van der Waals surface area contributed by atoms with Crippen molar-refractivity contribution in [3.63, 3.8) is 0 Å². The Kier molecular flexibility index (Phi) is 5.28. The van der Waals surface area contributed by atoms with Gasteiger partial charge in [0.2, 0.25) is 0 Å². The van der Waals surface area contributed by atoms with Crippen LogP contribution in [0.15, 0.2) is 76.6 Å². The average molecular weight is 366 g/mol. The van der Waals surface area contributed by atoms with Crippen LogP contribution in [0.25, 0.3) is 0 Å². The summed E-state index contributed by atoms with van der Waals surface area (Å²) >= 11 is 0.954. The number of aliphatic imine (C=N–C) groups is 1. The van der Waals surface area contributed by atoms with Crippen molar-refractivity contribution in [1.82, 2.24) is 0 Å². The Bertz CT molecular complexity index is 908. The Morgan fingerprint density at radius 1 is 1.04 bits per heavy atom. The van der Waals surface area contributed by atoms with Gasteiger partial charge in [-0.15, -0.1) is 0 Å². The highest BCUT2D eigenvalue weighted by molar-refractivity contribution is 8.19. The standard InChI is InChI=1S/C19H14N2O4S/c1-25-16(22)12-15-18(24)21(14-10-6-3-7-11-14)19(26-15)20-17(23)13-8-4-2-5-9-13/h2-12H,1H3/b15-12+,20-19?. The molecule has 0 radical (unpaired) electrons. The van der Waals surface area contributed by atoms with Crippen molar-refractivity contribution in [2.75, 3.05) is 12.0 Å². The van der Waals surface area contributed by atoms with Crippen LogP contribution in [0.5, 0.6) is 0 Å². The highest BCUT2D eigenvalue weighted by Crippen LogP contribution is 2.35. The number of amidine groups is 1. The summed E-state index contributed by atoms with van der Waals surface area (Å²) in [6.07, 6.45) is 1.10. The molecule has 0 bridgehead atoms. The third-order valence-electron chi connectivity index (χ3n) is 3.49. The number of hydrogen-bond donors (Lipinski definition) is 0. The number of benzene rings is 2. The topological polar surface area (TPSA) is 76.0 Å². The summed E-state index contributed by atoms with van der Waals surface area (Å²) in [6.45, 7) is 0. The van der Waals surface area contributed by atoms with E-state index in [4.69, 9.17) is 0 Å². The highest BCUT2D eigenvalue weighted by atomic mass is 32.2. The number of carbonyl (C=O) groups excluding carboxylic acids is 3. The van der Waals surface area contributed by atoms with E-state index in [0.717, 1.165) is 17.8 Å². The molecule has 1 fully saturated rings. The number of amides is 2. The van der Waals surface area contributed by atoms with Gasteiger partial charge in [-0.3, -0.25) is 14.5 Å². The molecule has 2 amide bonds. The number of para-hydroxylation sites is 1. The van der Waals surface area contributed by atoms with Gasteiger partial charge in [-0.05, 0) is 36.0 Å². The number of nitrogens with zero attached hydrogens (tertiary/aromatic N) is 2. The SMILES string of the molecule is COC(=O)/C=C1/SC(=NC(=O)c2ccccc2)N(c2ccccc2)C1=O. The molecule has 0 spiro atoms. The number of thioether (sulfide) groups is 1. The van der Waals surface area contributed by atoms with Crippen LogP contribution in [0.1, 0.15) is 10.4 Å². The molecule has 0 atom stereocenters. The molecule has 130 valence electrons. The first-order valence-corrected chi connectivity index (χ1v) is 8.47. The summed E-state index contributed by atoms with van der Waals surface area (Å²) in [5.74, 6) is -1.56. The highest BCUT2D eigenvalue weighted by Gasteiger charge is 2.35. The van der Waals surface area contributed by atoms with Crippen LogP contribution in [0.2, 0.25) is 0 Å². The van der Waals surface area contributed by atoms with E-state index in [1.165, 1.54) is 12.0 Å². The molecule has 0 aromatic heterocycles. The van der Waals surface area contributed by atoms with Crippen LogP contribution in [-0.2, 0) is 14.3 Å². The summed E-state index contributed by atoms with van der Waals surface area (Å²) in [5, 5.41) is 0.185. The van der Waals surface area contributed by atoms with Gasteiger partial charge in [-0.1, -0.05) is 36.4 Å². The second-order valence-corrected chi connectivity index (χ2v) is 6.18. The van der Waals surface area contributed by atoms with E-state index in [-0.39, 0.29) is 10.1 Å². The van der Waals surface area contributed by atoms with Gasteiger partial charge >= 0.3 is 5.97 Å². The van der Waals surface area contributed by atoms with Crippen LogP contribution >= 0.6 is 11.8 Å². The van der Waals surface area contributed by atoms with Crippen molar-refractivity contribution >= 4 is 40.4 Å². The lowest BCUT2D eigenvalue weighted by molar-refractivity contribution is -0.135. The maximum atomic E-state index is 12.7. The predicted molar refractivity (Wildman–Crippen MR) is 99.8 cm³/mol. The normalized spacial score (nSPS) is 17.0. The molecule has 3 rings (SSSR count). The zero-order valence-electron chi connectivity index (χ0n) is 13.8. The second kappa shape index (κ2) is 7.79. The van der Waals surface area contributed by atoms with E-state index >= 15 is 0 Å². The minimum Gasteiger partial charge on any atom is -0.466 e. The average Bonchev–Trinajstić information content (AvgIpc) is 2.97. The largest absolute Gasteiger partial charge is 0.466 e. The van der Waals surface area contributed by atoms with Gasteiger partial charge in [0.15, 0.2) is 5.17 Å². The first-order valence-electron chi connectivity index (χ1n) is 7.65. The van der Waals surface area contributed by atoms with Crippen LogP contribution < -0.4 is 4.90 Å². The maximum absolute atomic E-state index is 12.7. The number of ether oxygens (including phenoxy) is 1. The lowest BCUT2D eigenvalue weighted by Gasteiger charge is -2.15. The molecule has 2 aromatic carbocycles. The third kappa shape index (κ3) is 3.73. The van der Waals surface area contributed by atoms with E-state index in [0.29, 0.717) is 11.3 Å². The first kappa shape index (κ1) is 17.6. The molecule has 26 heavy (non-hydrogen) atoms. The zero-order valence-corrected chi connectivity index (χ0v) is 14.6. The van der Waals surface area contributed by atoms with Gasteiger partial charge in [-0.2, -0.15) is 4.99 Å². The Labute approximate surface area is 154 Å². The van der Waals surface area contributed by atoms with E-state index in [1.807, 2.05) is 6.07 Å². The Morgan fingerprint density at radius 3 is 2.27 bits per heavy atom. The molecule has 1 saturated heterocycles. The summed E-state index contributed by atoms with van der Waals surface area (Å²) in [4.78, 5) is 42.2. The van der Waals surface area contributed by atoms with Gasteiger partial charge in [0.1, 0.15) is 0 Å². The van der Waals surface area contributed by atoms with Crippen molar-refractivity contribution in [1.29, 1.82) is 0 Å². The Morgan fingerprint density at radius 2 is 1.65 bits per heavy atom. The minimum absolute atomic E-state index is 0.139. The van der Waals surface area contributed by atoms with Gasteiger partial charge in [-0.25, -0.2) is 4.79 Å². The fraction of sp³-hybridized carbons (Fsp3) is 0.0526. The lowest BCUT2D eigenvalue weighted by Crippen LogP contribution is -2.29. The molecule has 0 saturated carbocycles. The molecule has 0 N–H and O–H groups in total. The second-order valence-electron chi connectivity index (χ2n) is 5.18. The Hall–Kier alpha value is -3.19. The number of methoxy groups -OCH3 is 1. The molecule has 0 unspecified atom stereocenters. The summed E-state index contributed by atoms with van der Waals surface area (Å²) in [6, 6.07) is 17.4. The minimum atomic E-state index is -0.649. The number of anilines is 1. The van der Waals surface area contributed by atoms with Gasteiger partial charge in [0, 0.05) is 11.6 Å². The molecule has 0 aliphatic carbocycles. The molecule has 1 aliphatic heterocycles. The van der Waals surface area contributed by atoms with Crippen molar-refractivity contribution in [2.45, 2.75) is 0 Å². The summed E-state index contributed by atoms with van der Waals surface area (Å²) in [5.41, 5.74) is 0.962. The number of esters is 1. The Balaban J connectivity index is 2.01. The molecular weight excluding hydrogens is 352 g/mol. The smallest absolute Gasteiger partial charge is 0.331 e. The third-order valence-corrected chi connectivity index (χ3v) is 4.46. The van der Waals surface area contributed by atoms with Gasteiger partial charge < -0.3 is 4.74 Å². The van der Waals surface area contributed by atoms with Gasteiger partial charge in [0.05, 0.1) is 17.7 Å². The maximum Gasteiger partial charge on any atom is 0.331 e. The van der Waals surface area contributed by atoms with E-state index in [9.17, 15) is 14.4 Å². The van der Waals surface area contributed by atoms with Crippen molar-refractivity contribution < 1.29 is 19.1 Å². The van der Waals surface area contributed by atoms with Crippen molar-refractivity contribution in [2.24, 2.45) is 4.99 Å². The zero-order chi connectivity index (χ0) is 18.5. The summed E-state index contributed by atoms with van der Waals surface area (Å²) < 4.78 is 4.58. The molecule has 6 nitrogen and oxygen atoms in total. The summed E-state index contributed by atoms with van der Waals surface area (Å²) in [7, 11) is 1.23. The quantitative estimate of drug-likeness (QED) is 0.616. The molecule has 2 aromatic rings. The van der Waals surface area contributed by atoms with Crippen LogP contribution in [0.4, 0.5) is 5.69 Å². The van der Waals surface area contributed by atoms with E-state index in [2.05, 4.69) is 9.73 Å². The van der Waals surface area contributed by atoms with Crippen LogP contribution in [-0.4, -0.2) is 30.1 Å². The molecule has 1 aliphatic rings. The number of rotatable bonds is 3. The molecule has 7 heteroatoms. The van der Waals surface area contributed by atoms with Crippen molar-refractivity contribution in [3.05, 3.63) is 77.2 Å². The van der Waals surface area contributed by atoms with E-state index < -0.39 is 17.8 Å². The monoisotopic (exact) mass is 366 g/mol. The predicted octanol–water partition coefficient (Wildman–Crippen LogP) is 3.02. The van der Waals surface area contributed by atoms with Gasteiger partial charge in [0.25, 0.3) is 11.8 Å². The molecular formula is C19H14N2O4S. The fourth-order valence-corrected chi connectivity index (χ4v) is 3.19. The van der Waals surface area contributed by atoms with E-state index in [1.54, 1.807) is 54.6 Å². The number of hydrogen-bond acceptors (Lipinski definition) is 5. The fourth-order valence-electron chi connectivity index (χ4n) is 2.25. The molecule has 1 heterocycles. The van der Waals surface area contributed by atoms with Crippen LogP contribution in [0, 0.1) is 0 Å². The van der Waals surface area contributed by atoms with Crippen LogP contribution in [0.3, 0.4) is 0 Å².